The average molecular weight is 418 g/mol. The molecular formula is C20H33Cl2N3O2. The first-order valence-corrected chi connectivity index (χ1v) is 10.4. The molecule has 2 heterocycles. The van der Waals surface area contributed by atoms with Gasteiger partial charge in [-0.3, -0.25) is 9.69 Å². The van der Waals surface area contributed by atoms with Crippen LogP contribution in [0.25, 0.3) is 0 Å². The van der Waals surface area contributed by atoms with Gasteiger partial charge in [-0.05, 0) is 38.1 Å². The molecular weight excluding hydrogens is 385 g/mol. The standard InChI is InChI=1S/C12H23N3O.C6H4Cl2O.C2H6/c1-12(8-13-9-12)10-14(2)7-11(16)15-5-3-4-6-15;7-5-2-1-4(9)3-6(5)8;1-2/h13H,3-10H2,1-2H3;1-3,9H;1-2H3. The normalized spacial score (nSPS) is 17.4. The monoisotopic (exact) mass is 417 g/mol. The Bertz CT molecular complexity index is 589. The number of carbonyl (C=O) groups excluding carboxylic acids is 1. The van der Waals surface area contributed by atoms with Gasteiger partial charge in [0.25, 0.3) is 0 Å². The van der Waals surface area contributed by atoms with Crippen LogP contribution in [0.4, 0.5) is 0 Å². The van der Waals surface area contributed by atoms with Crippen LogP contribution in [-0.4, -0.2) is 67.1 Å². The Hall–Kier alpha value is -1.01. The number of phenols is 1. The lowest BCUT2D eigenvalue weighted by molar-refractivity contribution is -0.131. The fourth-order valence-corrected chi connectivity index (χ4v) is 3.45. The van der Waals surface area contributed by atoms with Gasteiger partial charge in [0.05, 0.1) is 16.6 Å². The summed E-state index contributed by atoms with van der Waals surface area (Å²) in [6.07, 6.45) is 2.36. The predicted octanol–water partition coefficient (Wildman–Crippen LogP) is 3.88. The van der Waals surface area contributed by atoms with Gasteiger partial charge in [-0.2, -0.15) is 0 Å². The Morgan fingerprint density at radius 1 is 1.22 bits per heavy atom. The largest absolute Gasteiger partial charge is 0.508 e. The lowest BCUT2D eigenvalue weighted by Gasteiger charge is -2.42. The van der Waals surface area contributed by atoms with E-state index in [1.54, 1.807) is 6.07 Å². The number of aromatic hydroxyl groups is 1. The van der Waals surface area contributed by atoms with Crippen molar-refractivity contribution in [3.63, 3.8) is 0 Å². The zero-order valence-corrected chi connectivity index (χ0v) is 18.4. The van der Waals surface area contributed by atoms with E-state index >= 15 is 0 Å². The number of rotatable bonds is 4. The van der Waals surface area contributed by atoms with E-state index in [1.807, 2.05) is 18.7 Å². The lowest BCUT2D eigenvalue weighted by atomic mass is 9.84. The van der Waals surface area contributed by atoms with Gasteiger partial charge in [-0.15, -0.1) is 0 Å². The Morgan fingerprint density at radius 3 is 2.26 bits per heavy atom. The molecule has 154 valence electrons. The molecule has 0 aromatic heterocycles. The molecule has 1 aromatic carbocycles. The summed E-state index contributed by atoms with van der Waals surface area (Å²) in [5.41, 5.74) is 0.375. The van der Waals surface area contributed by atoms with Crippen molar-refractivity contribution in [2.24, 2.45) is 5.41 Å². The van der Waals surface area contributed by atoms with Gasteiger partial charge in [0.2, 0.25) is 5.91 Å². The number of halogens is 2. The summed E-state index contributed by atoms with van der Waals surface area (Å²) in [6, 6.07) is 4.41. The summed E-state index contributed by atoms with van der Waals surface area (Å²) in [4.78, 5) is 16.1. The summed E-state index contributed by atoms with van der Waals surface area (Å²) in [6.45, 7) is 12.0. The molecule has 2 aliphatic rings. The van der Waals surface area contributed by atoms with Crippen molar-refractivity contribution in [1.82, 2.24) is 15.1 Å². The summed E-state index contributed by atoms with van der Waals surface area (Å²) in [5.74, 6) is 0.431. The van der Waals surface area contributed by atoms with E-state index < -0.39 is 0 Å². The lowest BCUT2D eigenvalue weighted by Crippen LogP contribution is -2.57. The Morgan fingerprint density at radius 2 is 1.81 bits per heavy atom. The second-order valence-corrected chi connectivity index (χ2v) is 8.09. The Kier molecular flexibility index (Phi) is 10.5. The fourth-order valence-electron chi connectivity index (χ4n) is 3.15. The third-order valence-electron chi connectivity index (χ3n) is 4.52. The molecule has 0 atom stereocenters. The van der Waals surface area contributed by atoms with Crippen LogP contribution in [0.1, 0.15) is 33.6 Å². The number of carbonyl (C=O) groups is 1. The highest BCUT2D eigenvalue weighted by molar-refractivity contribution is 6.42. The first kappa shape index (κ1) is 24.0. The van der Waals surface area contributed by atoms with Crippen LogP contribution < -0.4 is 5.32 Å². The predicted molar refractivity (Wildman–Crippen MR) is 114 cm³/mol. The SMILES string of the molecule is CC.CN(CC(=O)N1CCCC1)CC1(C)CNC1.Oc1ccc(Cl)c(Cl)c1. The number of nitrogens with one attached hydrogen (secondary N) is 1. The summed E-state index contributed by atoms with van der Waals surface area (Å²) >= 11 is 11.1. The molecule has 1 aromatic rings. The average Bonchev–Trinajstić information content (AvgIpc) is 3.14. The number of likely N-dealkylation sites (tertiary alicyclic amines) is 1. The van der Waals surface area contributed by atoms with Crippen molar-refractivity contribution in [2.45, 2.75) is 33.6 Å². The van der Waals surface area contributed by atoms with Gasteiger partial charge in [0.1, 0.15) is 5.75 Å². The molecule has 1 amide bonds. The molecule has 3 rings (SSSR count). The minimum absolute atomic E-state index is 0.129. The van der Waals surface area contributed by atoms with Crippen molar-refractivity contribution >= 4 is 29.1 Å². The third kappa shape index (κ3) is 8.26. The smallest absolute Gasteiger partial charge is 0.236 e. The van der Waals surface area contributed by atoms with Gasteiger partial charge >= 0.3 is 0 Å². The van der Waals surface area contributed by atoms with Crippen LogP contribution in [0.5, 0.6) is 5.75 Å². The van der Waals surface area contributed by atoms with E-state index in [-0.39, 0.29) is 5.75 Å². The van der Waals surface area contributed by atoms with Gasteiger partial charge < -0.3 is 15.3 Å². The Balaban J connectivity index is 0.000000282. The second kappa shape index (κ2) is 11.7. The molecule has 2 N–H and O–H groups in total. The molecule has 5 nitrogen and oxygen atoms in total. The van der Waals surface area contributed by atoms with Crippen LogP contribution in [0.3, 0.4) is 0 Å². The van der Waals surface area contributed by atoms with Gasteiger partial charge in [0.15, 0.2) is 0 Å². The quantitative estimate of drug-likeness (QED) is 0.780. The number of hydrogen-bond donors (Lipinski definition) is 2. The number of amides is 1. The van der Waals surface area contributed by atoms with Gasteiger partial charge in [0, 0.05) is 38.1 Å². The zero-order chi connectivity index (χ0) is 20.4. The molecule has 2 fully saturated rings. The van der Waals surface area contributed by atoms with Crippen LogP contribution >= 0.6 is 23.2 Å². The van der Waals surface area contributed by atoms with E-state index in [4.69, 9.17) is 28.3 Å². The Labute approximate surface area is 173 Å². The first-order chi connectivity index (χ1) is 12.8. The van der Waals surface area contributed by atoms with Crippen molar-refractivity contribution < 1.29 is 9.90 Å². The highest BCUT2D eigenvalue weighted by Gasteiger charge is 2.33. The summed E-state index contributed by atoms with van der Waals surface area (Å²) < 4.78 is 0. The zero-order valence-electron chi connectivity index (χ0n) is 16.9. The maximum atomic E-state index is 11.9. The van der Waals surface area contributed by atoms with Crippen molar-refractivity contribution in [2.75, 3.05) is 46.3 Å². The van der Waals surface area contributed by atoms with Crippen LogP contribution in [0.2, 0.25) is 10.0 Å². The number of likely N-dealkylation sites (N-methyl/N-ethyl adjacent to an activating group) is 1. The van der Waals surface area contributed by atoms with E-state index in [2.05, 4.69) is 24.2 Å². The highest BCUT2D eigenvalue weighted by Crippen LogP contribution is 2.25. The van der Waals surface area contributed by atoms with E-state index in [1.165, 1.54) is 25.0 Å². The fraction of sp³-hybridized carbons (Fsp3) is 0.650. The highest BCUT2D eigenvalue weighted by atomic mass is 35.5. The van der Waals surface area contributed by atoms with Crippen molar-refractivity contribution in [3.8, 4) is 5.75 Å². The van der Waals surface area contributed by atoms with Gasteiger partial charge in [-0.1, -0.05) is 44.0 Å². The molecule has 2 saturated heterocycles. The minimum Gasteiger partial charge on any atom is -0.508 e. The van der Waals surface area contributed by atoms with Crippen molar-refractivity contribution in [3.05, 3.63) is 28.2 Å². The van der Waals surface area contributed by atoms with E-state index in [0.717, 1.165) is 32.7 Å². The van der Waals surface area contributed by atoms with E-state index in [9.17, 15) is 4.79 Å². The summed E-state index contributed by atoms with van der Waals surface area (Å²) in [5, 5.41) is 12.9. The number of nitrogens with zero attached hydrogens (tertiary/aromatic N) is 2. The molecule has 0 radical (unpaired) electrons. The third-order valence-corrected chi connectivity index (χ3v) is 5.26. The minimum atomic E-state index is 0.129. The molecule has 0 spiro atoms. The first-order valence-electron chi connectivity index (χ1n) is 9.60. The van der Waals surface area contributed by atoms with E-state index in [0.29, 0.717) is 27.9 Å². The van der Waals surface area contributed by atoms with Crippen LogP contribution in [0, 0.1) is 5.41 Å². The van der Waals surface area contributed by atoms with Crippen LogP contribution in [0.15, 0.2) is 18.2 Å². The maximum Gasteiger partial charge on any atom is 0.236 e. The van der Waals surface area contributed by atoms with Gasteiger partial charge in [-0.25, -0.2) is 0 Å². The number of benzene rings is 1. The molecule has 0 bridgehead atoms. The van der Waals surface area contributed by atoms with Crippen molar-refractivity contribution in [1.29, 1.82) is 0 Å². The number of phenolic OH excluding ortho intramolecular Hbond substituents is 1. The molecule has 0 unspecified atom stereocenters. The topological polar surface area (TPSA) is 55.8 Å². The molecule has 7 heteroatoms. The molecule has 2 aliphatic heterocycles. The second-order valence-electron chi connectivity index (χ2n) is 7.27. The maximum absolute atomic E-state index is 11.9. The number of hydrogen-bond acceptors (Lipinski definition) is 4. The molecule has 27 heavy (non-hydrogen) atoms. The molecule has 0 aliphatic carbocycles. The summed E-state index contributed by atoms with van der Waals surface area (Å²) in [7, 11) is 2.05. The van der Waals surface area contributed by atoms with Crippen LogP contribution in [-0.2, 0) is 4.79 Å². The molecule has 0 saturated carbocycles.